The molecule has 1 aliphatic rings. The number of benzene rings is 1. The molecule has 21 heavy (non-hydrogen) atoms. The van der Waals surface area contributed by atoms with Gasteiger partial charge in [0.1, 0.15) is 0 Å². The van der Waals surface area contributed by atoms with Gasteiger partial charge in [-0.1, -0.05) is 6.07 Å². The molecule has 1 aliphatic heterocycles. The number of methoxy groups -OCH3 is 2. The van der Waals surface area contributed by atoms with E-state index in [1.807, 2.05) is 0 Å². The number of hydrogen-bond donors (Lipinski definition) is 1. The third-order valence-electron chi connectivity index (χ3n) is 3.39. The highest BCUT2D eigenvalue weighted by Crippen LogP contribution is 2.35. The van der Waals surface area contributed by atoms with Gasteiger partial charge >= 0.3 is 6.09 Å². The van der Waals surface area contributed by atoms with Crippen molar-refractivity contribution < 1.29 is 27.8 Å². The number of hydrogen-bond acceptors (Lipinski definition) is 5. The van der Waals surface area contributed by atoms with Crippen LogP contribution < -0.4 is 0 Å². The molecular weight excluding hydrogens is 298 g/mol. The average molecular weight is 315 g/mol. The van der Waals surface area contributed by atoms with Crippen molar-refractivity contribution in [2.45, 2.75) is 17.7 Å². The standard InChI is InChI=1S/C13H17NO6S/c1-19-5-6-21(17,18)10-3-4-11-9(7-10)8-14(13(15)16)12(11)20-2/h3-4,7,12H,5-6,8H2,1-2H3,(H,15,16). The first-order chi connectivity index (χ1) is 9.90. The number of carboxylic acid groups (broad SMARTS) is 1. The fourth-order valence-electron chi connectivity index (χ4n) is 2.32. The van der Waals surface area contributed by atoms with Crippen molar-refractivity contribution in [3.8, 4) is 0 Å². The van der Waals surface area contributed by atoms with Crippen molar-refractivity contribution in [3.05, 3.63) is 29.3 Å². The van der Waals surface area contributed by atoms with E-state index in [0.717, 1.165) is 4.90 Å². The summed E-state index contributed by atoms with van der Waals surface area (Å²) in [6, 6.07) is 4.59. The van der Waals surface area contributed by atoms with Gasteiger partial charge in [-0.15, -0.1) is 0 Å². The largest absolute Gasteiger partial charge is 0.465 e. The van der Waals surface area contributed by atoms with Gasteiger partial charge in [-0.3, -0.25) is 4.90 Å². The maximum Gasteiger partial charge on any atom is 0.409 e. The highest BCUT2D eigenvalue weighted by atomic mass is 32.2. The molecule has 0 spiro atoms. The monoisotopic (exact) mass is 315 g/mol. The van der Waals surface area contributed by atoms with Crippen molar-refractivity contribution >= 4 is 15.9 Å². The fourth-order valence-corrected chi connectivity index (χ4v) is 3.54. The number of rotatable bonds is 5. The molecule has 1 amide bonds. The molecular formula is C13H17NO6S. The van der Waals surface area contributed by atoms with Crippen LogP contribution in [0.4, 0.5) is 4.79 Å². The summed E-state index contributed by atoms with van der Waals surface area (Å²) in [5.74, 6) is -0.112. The minimum Gasteiger partial charge on any atom is -0.465 e. The summed E-state index contributed by atoms with van der Waals surface area (Å²) in [5, 5.41) is 9.14. The van der Waals surface area contributed by atoms with E-state index in [4.69, 9.17) is 14.6 Å². The molecule has 0 aliphatic carbocycles. The molecule has 0 saturated carbocycles. The quantitative estimate of drug-likeness (QED) is 0.879. The van der Waals surface area contributed by atoms with Crippen LogP contribution in [-0.2, 0) is 25.9 Å². The van der Waals surface area contributed by atoms with E-state index in [1.165, 1.54) is 26.4 Å². The molecule has 1 unspecified atom stereocenters. The molecule has 1 N–H and O–H groups in total. The summed E-state index contributed by atoms with van der Waals surface area (Å²) >= 11 is 0. The number of amides is 1. The minimum absolute atomic E-state index is 0.108. The summed E-state index contributed by atoms with van der Waals surface area (Å²) in [6.45, 7) is 0.220. The predicted octanol–water partition coefficient (Wildman–Crippen LogP) is 1.25. The Morgan fingerprint density at radius 3 is 2.71 bits per heavy atom. The third kappa shape index (κ3) is 3.02. The van der Waals surface area contributed by atoms with Crippen LogP contribution in [0.25, 0.3) is 0 Å². The fraction of sp³-hybridized carbons (Fsp3) is 0.462. The van der Waals surface area contributed by atoms with E-state index in [9.17, 15) is 13.2 Å². The summed E-state index contributed by atoms with van der Waals surface area (Å²) < 4.78 is 34.2. The smallest absolute Gasteiger partial charge is 0.409 e. The van der Waals surface area contributed by atoms with Gasteiger partial charge in [0, 0.05) is 19.8 Å². The summed E-state index contributed by atoms with van der Waals surface area (Å²) in [7, 11) is -0.585. The number of nitrogens with zero attached hydrogens (tertiary/aromatic N) is 1. The Hall–Kier alpha value is -1.64. The van der Waals surface area contributed by atoms with Gasteiger partial charge in [0.25, 0.3) is 0 Å². The zero-order valence-electron chi connectivity index (χ0n) is 11.8. The number of fused-ring (bicyclic) bond motifs is 1. The van der Waals surface area contributed by atoms with Crippen molar-refractivity contribution in [1.82, 2.24) is 4.90 Å². The van der Waals surface area contributed by atoms with Gasteiger partial charge in [0.05, 0.1) is 23.8 Å². The first-order valence-corrected chi connectivity index (χ1v) is 7.93. The van der Waals surface area contributed by atoms with Crippen LogP contribution in [0.2, 0.25) is 0 Å². The molecule has 116 valence electrons. The lowest BCUT2D eigenvalue weighted by Crippen LogP contribution is -2.28. The van der Waals surface area contributed by atoms with Gasteiger partial charge in [-0.05, 0) is 17.7 Å². The molecule has 1 atom stereocenters. The van der Waals surface area contributed by atoms with Crippen LogP contribution in [0.5, 0.6) is 0 Å². The molecule has 0 fully saturated rings. The molecule has 0 radical (unpaired) electrons. The maximum atomic E-state index is 12.1. The summed E-state index contributed by atoms with van der Waals surface area (Å²) in [5.41, 5.74) is 1.31. The number of sulfone groups is 1. The Morgan fingerprint density at radius 2 is 2.14 bits per heavy atom. The van der Waals surface area contributed by atoms with Crippen LogP contribution in [-0.4, -0.2) is 51.1 Å². The first-order valence-electron chi connectivity index (χ1n) is 6.27. The molecule has 0 saturated heterocycles. The van der Waals surface area contributed by atoms with E-state index in [1.54, 1.807) is 6.07 Å². The minimum atomic E-state index is -3.44. The number of carbonyl (C=O) groups is 1. The van der Waals surface area contributed by atoms with E-state index < -0.39 is 22.2 Å². The van der Waals surface area contributed by atoms with E-state index in [0.29, 0.717) is 11.1 Å². The van der Waals surface area contributed by atoms with E-state index >= 15 is 0 Å². The van der Waals surface area contributed by atoms with Crippen LogP contribution in [0, 0.1) is 0 Å². The van der Waals surface area contributed by atoms with Gasteiger partial charge in [-0.2, -0.15) is 0 Å². The van der Waals surface area contributed by atoms with Gasteiger partial charge in [0.15, 0.2) is 16.1 Å². The molecule has 7 nitrogen and oxygen atoms in total. The Balaban J connectivity index is 2.34. The van der Waals surface area contributed by atoms with Crippen LogP contribution in [0.1, 0.15) is 17.4 Å². The second kappa shape index (κ2) is 6.00. The highest BCUT2D eigenvalue weighted by Gasteiger charge is 2.34. The third-order valence-corrected chi connectivity index (χ3v) is 5.06. The van der Waals surface area contributed by atoms with Crippen LogP contribution in [0.15, 0.2) is 23.1 Å². The van der Waals surface area contributed by atoms with Gasteiger partial charge < -0.3 is 14.6 Å². The summed E-state index contributed by atoms with van der Waals surface area (Å²) in [6.07, 6.45) is -1.81. The normalized spacial score (nSPS) is 17.8. The van der Waals surface area contributed by atoms with Gasteiger partial charge in [0.2, 0.25) is 0 Å². The van der Waals surface area contributed by atoms with Crippen LogP contribution >= 0.6 is 0 Å². The molecule has 1 aromatic rings. The lowest BCUT2D eigenvalue weighted by atomic mass is 10.1. The van der Waals surface area contributed by atoms with E-state index in [2.05, 4.69) is 0 Å². The maximum absolute atomic E-state index is 12.1. The number of ether oxygens (including phenoxy) is 2. The molecule has 1 heterocycles. The second-order valence-electron chi connectivity index (χ2n) is 4.67. The van der Waals surface area contributed by atoms with E-state index in [-0.39, 0.29) is 23.8 Å². The highest BCUT2D eigenvalue weighted by molar-refractivity contribution is 7.91. The topological polar surface area (TPSA) is 93.1 Å². The first kappa shape index (κ1) is 15.7. The van der Waals surface area contributed by atoms with Gasteiger partial charge in [-0.25, -0.2) is 13.2 Å². The van der Waals surface area contributed by atoms with Crippen molar-refractivity contribution in [1.29, 1.82) is 0 Å². The predicted molar refractivity (Wildman–Crippen MR) is 73.7 cm³/mol. The molecule has 0 bridgehead atoms. The Morgan fingerprint density at radius 1 is 1.43 bits per heavy atom. The Bertz CT molecular complexity index is 642. The molecule has 2 rings (SSSR count). The second-order valence-corrected chi connectivity index (χ2v) is 6.78. The van der Waals surface area contributed by atoms with Crippen molar-refractivity contribution in [2.24, 2.45) is 0 Å². The Labute approximate surface area is 123 Å². The molecule has 0 aromatic heterocycles. The Kier molecular flexibility index (Phi) is 4.50. The summed E-state index contributed by atoms with van der Waals surface area (Å²) in [4.78, 5) is 12.5. The molecule has 1 aromatic carbocycles. The lowest BCUT2D eigenvalue weighted by Gasteiger charge is -2.20. The zero-order valence-corrected chi connectivity index (χ0v) is 12.6. The van der Waals surface area contributed by atoms with Crippen molar-refractivity contribution in [3.63, 3.8) is 0 Å². The lowest BCUT2D eigenvalue weighted by molar-refractivity contribution is -0.0139. The SMILES string of the molecule is COCCS(=O)(=O)c1ccc2c(c1)CN(C(=O)O)C2OC. The zero-order chi connectivity index (χ0) is 15.6. The molecule has 8 heteroatoms. The average Bonchev–Trinajstić information content (AvgIpc) is 2.83. The van der Waals surface area contributed by atoms with Crippen LogP contribution in [0.3, 0.4) is 0 Å². The van der Waals surface area contributed by atoms with Crippen molar-refractivity contribution in [2.75, 3.05) is 26.6 Å².